The topological polar surface area (TPSA) is 15.3 Å². The molecule has 0 aromatic carbocycles. The SMILES string of the molecule is CCC(CC)CN1CC(CC)NCC12CCCCC2. The van der Waals surface area contributed by atoms with Crippen molar-refractivity contribution in [2.24, 2.45) is 5.92 Å². The quantitative estimate of drug-likeness (QED) is 0.814. The minimum atomic E-state index is 0.506. The Bertz CT molecular complexity index is 254. The van der Waals surface area contributed by atoms with Gasteiger partial charge in [-0.25, -0.2) is 0 Å². The predicted octanol–water partition coefficient (Wildman–Crippen LogP) is 3.81. The Labute approximate surface area is 120 Å². The van der Waals surface area contributed by atoms with Crippen molar-refractivity contribution in [3.8, 4) is 0 Å². The van der Waals surface area contributed by atoms with Crippen LogP contribution in [0.5, 0.6) is 0 Å². The zero-order valence-electron chi connectivity index (χ0n) is 13.4. The van der Waals surface area contributed by atoms with Crippen molar-refractivity contribution in [3.05, 3.63) is 0 Å². The fraction of sp³-hybridized carbons (Fsp3) is 1.00. The van der Waals surface area contributed by atoms with Gasteiger partial charge >= 0.3 is 0 Å². The van der Waals surface area contributed by atoms with Gasteiger partial charge in [-0.1, -0.05) is 52.9 Å². The van der Waals surface area contributed by atoms with Gasteiger partial charge in [0.15, 0.2) is 0 Å². The number of piperazine rings is 1. The molecule has 2 nitrogen and oxygen atoms in total. The minimum absolute atomic E-state index is 0.506. The average Bonchev–Trinajstić information content (AvgIpc) is 2.47. The summed E-state index contributed by atoms with van der Waals surface area (Å²) in [5, 5.41) is 3.83. The van der Waals surface area contributed by atoms with Gasteiger partial charge in [-0.15, -0.1) is 0 Å². The second kappa shape index (κ2) is 7.08. The molecule has 1 aliphatic heterocycles. The van der Waals surface area contributed by atoms with Crippen LogP contribution in [0.25, 0.3) is 0 Å². The van der Waals surface area contributed by atoms with E-state index >= 15 is 0 Å². The minimum Gasteiger partial charge on any atom is -0.311 e. The molecule has 1 saturated carbocycles. The first kappa shape index (κ1) is 15.3. The van der Waals surface area contributed by atoms with Gasteiger partial charge in [-0.2, -0.15) is 0 Å². The maximum Gasteiger partial charge on any atom is 0.0334 e. The fourth-order valence-electron chi connectivity index (χ4n) is 4.07. The van der Waals surface area contributed by atoms with Gasteiger partial charge in [0, 0.05) is 31.2 Å². The summed E-state index contributed by atoms with van der Waals surface area (Å²) in [6, 6.07) is 0.724. The molecule has 2 rings (SSSR count). The largest absolute Gasteiger partial charge is 0.311 e. The molecule has 0 radical (unpaired) electrons. The molecule has 0 aromatic rings. The van der Waals surface area contributed by atoms with E-state index < -0.39 is 0 Å². The Hall–Kier alpha value is -0.0800. The van der Waals surface area contributed by atoms with E-state index in [-0.39, 0.29) is 0 Å². The molecule has 1 saturated heterocycles. The molecule has 2 aliphatic rings. The third kappa shape index (κ3) is 3.52. The zero-order valence-corrected chi connectivity index (χ0v) is 13.4. The van der Waals surface area contributed by atoms with E-state index in [1.807, 2.05) is 0 Å². The van der Waals surface area contributed by atoms with Gasteiger partial charge < -0.3 is 5.32 Å². The first-order chi connectivity index (χ1) is 9.24. The van der Waals surface area contributed by atoms with Crippen LogP contribution in [-0.4, -0.2) is 36.1 Å². The van der Waals surface area contributed by atoms with Crippen LogP contribution < -0.4 is 5.32 Å². The van der Waals surface area contributed by atoms with E-state index in [0.29, 0.717) is 5.54 Å². The maximum absolute atomic E-state index is 3.83. The summed E-state index contributed by atoms with van der Waals surface area (Å²) < 4.78 is 0. The fourth-order valence-corrected chi connectivity index (χ4v) is 4.07. The molecule has 112 valence electrons. The Morgan fingerprint density at radius 3 is 2.37 bits per heavy atom. The molecule has 2 heteroatoms. The molecule has 0 aromatic heterocycles. The van der Waals surface area contributed by atoms with Crippen LogP contribution >= 0.6 is 0 Å². The van der Waals surface area contributed by atoms with Gasteiger partial charge in [-0.05, 0) is 25.2 Å². The lowest BCUT2D eigenvalue weighted by Gasteiger charge is -2.53. The summed E-state index contributed by atoms with van der Waals surface area (Å²) >= 11 is 0. The highest BCUT2D eigenvalue weighted by molar-refractivity contribution is 5.00. The van der Waals surface area contributed by atoms with E-state index in [2.05, 4.69) is 31.0 Å². The van der Waals surface area contributed by atoms with E-state index in [1.165, 1.54) is 71.0 Å². The van der Waals surface area contributed by atoms with E-state index in [4.69, 9.17) is 0 Å². The van der Waals surface area contributed by atoms with Crippen LogP contribution in [-0.2, 0) is 0 Å². The van der Waals surface area contributed by atoms with Crippen LogP contribution in [0.1, 0.15) is 72.1 Å². The van der Waals surface area contributed by atoms with Crippen molar-refractivity contribution in [3.63, 3.8) is 0 Å². The van der Waals surface area contributed by atoms with Crippen LogP contribution in [0.4, 0.5) is 0 Å². The summed E-state index contributed by atoms with van der Waals surface area (Å²) in [5.74, 6) is 0.898. The lowest BCUT2D eigenvalue weighted by molar-refractivity contribution is -0.00266. The molecule has 1 aliphatic carbocycles. The van der Waals surface area contributed by atoms with Crippen molar-refractivity contribution in [1.82, 2.24) is 10.2 Å². The lowest BCUT2D eigenvalue weighted by Crippen LogP contribution is -2.65. The highest BCUT2D eigenvalue weighted by Crippen LogP contribution is 2.36. The van der Waals surface area contributed by atoms with Crippen LogP contribution in [0, 0.1) is 5.92 Å². The van der Waals surface area contributed by atoms with Crippen LogP contribution in [0.15, 0.2) is 0 Å². The smallest absolute Gasteiger partial charge is 0.0334 e. The molecule has 0 amide bonds. The monoisotopic (exact) mass is 266 g/mol. The van der Waals surface area contributed by atoms with Gasteiger partial charge in [0.25, 0.3) is 0 Å². The summed E-state index contributed by atoms with van der Waals surface area (Å²) in [7, 11) is 0. The van der Waals surface area contributed by atoms with Crippen molar-refractivity contribution >= 4 is 0 Å². The second-order valence-electron chi connectivity index (χ2n) is 6.86. The Morgan fingerprint density at radius 1 is 1.11 bits per heavy atom. The number of hydrogen-bond acceptors (Lipinski definition) is 2. The molecule has 1 unspecified atom stereocenters. The second-order valence-corrected chi connectivity index (χ2v) is 6.86. The molecule has 1 N–H and O–H groups in total. The molecular weight excluding hydrogens is 232 g/mol. The van der Waals surface area contributed by atoms with Crippen molar-refractivity contribution in [1.29, 1.82) is 0 Å². The van der Waals surface area contributed by atoms with Gasteiger partial charge in [0.05, 0.1) is 0 Å². The Balaban J connectivity index is 2.06. The van der Waals surface area contributed by atoms with Gasteiger partial charge in [0.2, 0.25) is 0 Å². The van der Waals surface area contributed by atoms with E-state index in [1.54, 1.807) is 0 Å². The highest BCUT2D eigenvalue weighted by Gasteiger charge is 2.41. The third-order valence-corrected chi connectivity index (χ3v) is 5.74. The maximum atomic E-state index is 3.83. The summed E-state index contributed by atoms with van der Waals surface area (Å²) in [5.41, 5.74) is 0.506. The molecule has 19 heavy (non-hydrogen) atoms. The molecular formula is C17H34N2. The lowest BCUT2D eigenvalue weighted by atomic mass is 9.77. The zero-order chi connectivity index (χ0) is 13.7. The molecule has 1 heterocycles. The van der Waals surface area contributed by atoms with Crippen LogP contribution in [0.2, 0.25) is 0 Å². The van der Waals surface area contributed by atoms with Gasteiger partial charge in [-0.3, -0.25) is 4.90 Å². The van der Waals surface area contributed by atoms with Crippen LogP contribution in [0.3, 0.4) is 0 Å². The average molecular weight is 266 g/mol. The van der Waals surface area contributed by atoms with Crippen molar-refractivity contribution in [2.75, 3.05) is 19.6 Å². The molecule has 1 atom stereocenters. The summed E-state index contributed by atoms with van der Waals surface area (Å²) in [4.78, 5) is 2.90. The number of nitrogens with zero attached hydrogens (tertiary/aromatic N) is 1. The summed E-state index contributed by atoms with van der Waals surface area (Å²) in [6.45, 7) is 10.9. The van der Waals surface area contributed by atoms with Gasteiger partial charge in [0.1, 0.15) is 0 Å². The standard InChI is InChI=1S/C17H34N2/c1-4-15(5-2)12-19-13-16(6-3)18-14-17(19)10-8-7-9-11-17/h15-16,18H,4-14H2,1-3H3. The van der Waals surface area contributed by atoms with E-state index in [0.717, 1.165) is 12.0 Å². The highest BCUT2D eigenvalue weighted by atomic mass is 15.3. The first-order valence-electron chi connectivity index (χ1n) is 8.72. The Morgan fingerprint density at radius 2 is 1.79 bits per heavy atom. The molecule has 1 spiro atoms. The molecule has 0 bridgehead atoms. The summed E-state index contributed by atoms with van der Waals surface area (Å²) in [6.07, 6.45) is 11.1. The number of nitrogens with one attached hydrogen (secondary N) is 1. The third-order valence-electron chi connectivity index (χ3n) is 5.74. The Kier molecular flexibility index (Phi) is 5.70. The first-order valence-corrected chi connectivity index (χ1v) is 8.72. The normalized spacial score (nSPS) is 28.1. The number of hydrogen-bond donors (Lipinski definition) is 1. The molecule has 2 fully saturated rings. The van der Waals surface area contributed by atoms with E-state index in [9.17, 15) is 0 Å². The van der Waals surface area contributed by atoms with Crippen molar-refractivity contribution < 1.29 is 0 Å². The number of rotatable bonds is 5. The predicted molar refractivity (Wildman–Crippen MR) is 83.5 cm³/mol. The van der Waals surface area contributed by atoms with Crippen molar-refractivity contribution in [2.45, 2.75) is 83.7 Å².